The summed E-state index contributed by atoms with van der Waals surface area (Å²) in [6, 6.07) is 23.1. The predicted octanol–water partition coefficient (Wildman–Crippen LogP) is 2.72. The highest BCUT2D eigenvalue weighted by Gasteiger charge is 2.30. The topological polar surface area (TPSA) is 87.6 Å². The third-order valence-electron chi connectivity index (χ3n) is 4.81. The van der Waals surface area contributed by atoms with E-state index in [1.54, 1.807) is 6.20 Å². The van der Waals surface area contributed by atoms with Crippen LogP contribution in [0.15, 0.2) is 84.1 Å². The molecule has 3 aromatic rings. The number of carbonyl (C=O) groups is 1. The van der Waals surface area contributed by atoms with E-state index in [0.717, 1.165) is 16.9 Å². The summed E-state index contributed by atoms with van der Waals surface area (Å²) in [6.07, 6.45) is 3.81. The van der Waals surface area contributed by atoms with Crippen LogP contribution >= 0.6 is 0 Å². The van der Waals surface area contributed by atoms with Crippen molar-refractivity contribution in [3.63, 3.8) is 0 Å². The van der Waals surface area contributed by atoms with E-state index in [1.807, 2.05) is 72.8 Å². The summed E-state index contributed by atoms with van der Waals surface area (Å²) in [7, 11) is 0. The lowest BCUT2D eigenvalue weighted by Gasteiger charge is -2.11. The highest BCUT2D eigenvalue weighted by Crippen LogP contribution is 2.24. The Morgan fingerprint density at radius 1 is 1.07 bits per heavy atom. The van der Waals surface area contributed by atoms with E-state index in [9.17, 15) is 4.79 Å². The summed E-state index contributed by atoms with van der Waals surface area (Å²) in [5.41, 5.74) is 11.7. The summed E-state index contributed by atoms with van der Waals surface area (Å²) in [5.74, 6) is 0.617. The van der Waals surface area contributed by atoms with Crippen LogP contribution in [0, 0.1) is 0 Å². The van der Waals surface area contributed by atoms with Crippen LogP contribution in [0.25, 0.3) is 0 Å². The molecular formula is C23H23N5O2. The molecule has 1 fully saturated rings. The first kappa shape index (κ1) is 19.8. The minimum absolute atomic E-state index is 0.0312. The van der Waals surface area contributed by atoms with Crippen molar-refractivity contribution >= 4 is 12.1 Å². The molecule has 0 radical (unpaired) electrons. The molecule has 0 spiro atoms. The normalized spacial score (nSPS) is 18.4. The molecule has 1 saturated heterocycles. The highest BCUT2D eigenvalue weighted by atomic mass is 16.5. The van der Waals surface area contributed by atoms with Gasteiger partial charge in [-0.15, -0.1) is 0 Å². The fourth-order valence-corrected chi connectivity index (χ4v) is 3.18. The van der Waals surface area contributed by atoms with E-state index in [-0.39, 0.29) is 18.0 Å². The molecule has 1 aliphatic heterocycles. The fraction of sp³-hybridized carbons (Fsp3) is 0.174. The molecule has 1 aliphatic rings. The smallest absolute Gasteiger partial charge is 0.258 e. The summed E-state index contributed by atoms with van der Waals surface area (Å²) >= 11 is 0. The maximum Gasteiger partial charge on any atom is 0.258 e. The molecule has 7 nitrogen and oxygen atoms in total. The molecule has 2 aromatic carbocycles. The first-order valence-corrected chi connectivity index (χ1v) is 9.79. The molecule has 152 valence electrons. The van der Waals surface area contributed by atoms with Crippen LogP contribution in [-0.2, 0) is 11.4 Å². The molecule has 30 heavy (non-hydrogen) atoms. The zero-order valence-corrected chi connectivity index (χ0v) is 16.4. The lowest BCUT2D eigenvalue weighted by molar-refractivity contribution is -0.122. The highest BCUT2D eigenvalue weighted by molar-refractivity contribution is 5.84. The van der Waals surface area contributed by atoms with Crippen molar-refractivity contribution in [3.8, 4) is 5.75 Å². The molecule has 1 aromatic heterocycles. The average molecular weight is 401 g/mol. The van der Waals surface area contributed by atoms with E-state index in [4.69, 9.17) is 4.74 Å². The Hall–Kier alpha value is -3.55. The van der Waals surface area contributed by atoms with E-state index in [0.29, 0.717) is 18.7 Å². The number of aromatic nitrogens is 1. The third-order valence-corrected chi connectivity index (χ3v) is 4.81. The monoisotopic (exact) mass is 401 g/mol. The second-order valence-electron chi connectivity index (χ2n) is 6.96. The molecule has 7 heteroatoms. The third kappa shape index (κ3) is 5.28. The zero-order chi connectivity index (χ0) is 20.6. The van der Waals surface area contributed by atoms with Gasteiger partial charge in [0.05, 0.1) is 11.9 Å². The zero-order valence-electron chi connectivity index (χ0n) is 16.4. The SMILES string of the molecule is O=C(N/N=C/c1ccccn1)C1CC(c2ccc(OCc3ccccc3)cc2)NN1. The molecule has 2 atom stereocenters. The van der Waals surface area contributed by atoms with Crippen LogP contribution in [0.4, 0.5) is 0 Å². The van der Waals surface area contributed by atoms with Crippen LogP contribution in [-0.4, -0.2) is 23.1 Å². The lowest BCUT2D eigenvalue weighted by Crippen LogP contribution is -2.41. The Balaban J connectivity index is 1.26. The van der Waals surface area contributed by atoms with Crippen LogP contribution in [0.5, 0.6) is 5.75 Å². The number of ether oxygens (including phenoxy) is 1. The molecule has 4 rings (SSSR count). The Kier molecular flexibility index (Phi) is 6.44. The minimum atomic E-state index is -0.370. The number of hydrogen-bond acceptors (Lipinski definition) is 6. The van der Waals surface area contributed by atoms with Crippen LogP contribution in [0.2, 0.25) is 0 Å². The van der Waals surface area contributed by atoms with Gasteiger partial charge in [-0.25, -0.2) is 16.3 Å². The number of amides is 1. The number of carbonyl (C=O) groups excluding carboxylic acids is 1. The minimum Gasteiger partial charge on any atom is -0.489 e. The van der Waals surface area contributed by atoms with Gasteiger partial charge in [0.15, 0.2) is 0 Å². The summed E-state index contributed by atoms with van der Waals surface area (Å²) in [4.78, 5) is 16.4. The molecule has 0 saturated carbocycles. The van der Waals surface area contributed by atoms with Crippen molar-refractivity contribution in [2.75, 3.05) is 0 Å². The average Bonchev–Trinajstić information content (AvgIpc) is 3.30. The van der Waals surface area contributed by atoms with Crippen molar-refractivity contribution in [2.45, 2.75) is 25.1 Å². The van der Waals surface area contributed by atoms with Crippen molar-refractivity contribution < 1.29 is 9.53 Å². The number of nitrogens with zero attached hydrogens (tertiary/aromatic N) is 2. The Morgan fingerprint density at radius 2 is 1.87 bits per heavy atom. The van der Waals surface area contributed by atoms with Crippen LogP contribution in [0.1, 0.15) is 29.3 Å². The second-order valence-corrected chi connectivity index (χ2v) is 6.96. The summed E-state index contributed by atoms with van der Waals surface area (Å²) in [6.45, 7) is 0.532. The van der Waals surface area contributed by atoms with E-state index in [1.165, 1.54) is 6.21 Å². The number of pyridine rings is 1. The number of benzene rings is 2. The van der Waals surface area contributed by atoms with Crippen LogP contribution in [0.3, 0.4) is 0 Å². The standard InChI is InChI=1S/C23H23N5O2/c29-23(28-25-15-19-8-4-5-13-24-19)22-14-21(26-27-22)18-9-11-20(12-10-18)30-16-17-6-2-1-3-7-17/h1-13,15,21-22,26-27H,14,16H2,(H,28,29)/b25-15+. The Morgan fingerprint density at radius 3 is 2.63 bits per heavy atom. The van der Waals surface area contributed by atoms with E-state index < -0.39 is 0 Å². The van der Waals surface area contributed by atoms with E-state index >= 15 is 0 Å². The summed E-state index contributed by atoms with van der Waals surface area (Å²) in [5, 5.41) is 3.97. The van der Waals surface area contributed by atoms with Crippen molar-refractivity contribution in [2.24, 2.45) is 5.10 Å². The van der Waals surface area contributed by atoms with Crippen molar-refractivity contribution in [3.05, 3.63) is 95.8 Å². The van der Waals surface area contributed by atoms with Gasteiger partial charge in [-0.1, -0.05) is 48.5 Å². The number of hydrazone groups is 1. The van der Waals surface area contributed by atoms with Gasteiger partial charge in [0, 0.05) is 12.2 Å². The number of rotatable bonds is 7. The maximum atomic E-state index is 12.3. The van der Waals surface area contributed by atoms with Crippen LogP contribution < -0.4 is 21.0 Å². The first-order valence-electron chi connectivity index (χ1n) is 9.79. The molecule has 0 aliphatic carbocycles. The van der Waals surface area contributed by atoms with Gasteiger partial charge in [0.2, 0.25) is 0 Å². The van der Waals surface area contributed by atoms with Crippen molar-refractivity contribution in [1.82, 2.24) is 21.3 Å². The maximum absolute atomic E-state index is 12.3. The van der Waals surface area contributed by atoms with Crippen molar-refractivity contribution in [1.29, 1.82) is 0 Å². The van der Waals surface area contributed by atoms with Gasteiger partial charge < -0.3 is 4.74 Å². The van der Waals surface area contributed by atoms with Gasteiger partial charge in [-0.3, -0.25) is 9.78 Å². The number of nitrogens with one attached hydrogen (secondary N) is 3. The molecule has 0 bridgehead atoms. The fourth-order valence-electron chi connectivity index (χ4n) is 3.18. The van der Waals surface area contributed by atoms with Gasteiger partial charge in [-0.05, 0) is 41.8 Å². The number of hydrogen-bond donors (Lipinski definition) is 3. The number of hydrazine groups is 1. The summed E-state index contributed by atoms with van der Waals surface area (Å²) < 4.78 is 5.83. The molecule has 3 N–H and O–H groups in total. The Bertz CT molecular complexity index is 977. The van der Waals surface area contributed by atoms with Gasteiger partial charge in [0.1, 0.15) is 18.4 Å². The molecule has 2 unspecified atom stereocenters. The van der Waals surface area contributed by atoms with E-state index in [2.05, 4.69) is 26.4 Å². The largest absolute Gasteiger partial charge is 0.489 e. The van der Waals surface area contributed by atoms with Gasteiger partial charge >= 0.3 is 0 Å². The Labute approximate surface area is 175 Å². The quantitative estimate of drug-likeness (QED) is 0.419. The predicted molar refractivity (Wildman–Crippen MR) is 115 cm³/mol. The molecular weight excluding hydrogens is 378 g/mol. The molecule has 2 heterocycles. The molecule has 1 amide bonds. The van der Waals surface area contributed by atoms with Gasteiger partial charge in [0.25, 0.3) is 5.91 Å². The first-order chi connectivity index (χ1) is 14.8. The van der Waals surface area contributed by atoms with Gasteiger partial charge in [-0.2, -0.15) is 5.10 Å². The lowest BCUT2D eigenvalue weighted by atomic mass is 10.0. The second kappa shape index (κ2) is 9.78.